The Hall–Kier alpha value is -1.64. The van der Waals surface area contributed by atoms with Gasteiger partial charge in [-0.25, -0.2) is 8.42 Å². The van der Waals surface area contributed by atoms with E-state index in [0.29, 0.717) is 30.9 Å². The Morgan fingerprint density at radius 2 is 1.89 bits per heavy atom. The topological polar surface area (TPSA) is 114 Å². The van der Waals surface area contributed by atoms with E-state index in [1.165, 1.54) is 0 Å². The first-order valence-corrected chi connectivity index (χ1v) is 11.1. The SMILES string of the molecule is Cl.NCC1(NC(=O)CCCCCN=C2NS(=O)(=O)c3ccccc32)CCCC1. The number of unbranched alkanes of at least 4 members (excludes halogenated alkanes) is 2. The van der Waals surface area contributed by atoms with E-state index in [1.807, 2.05) is 0 Å². The highest BCUT2D eigenvalue weighted by Gasteiger charge is 2.33. The summed E-state index contributed by atoms with van der Waals surface area (Å²) in [5.41, 5.74) is 6.29. The second kappa shape index (κ2) is 9.71. The fraction of sp³-hybridized carbons (Fsp3) is 0.579. The molecular formula is C19H29ClN4O3S. The number of hydrogen-bond acceptors (Lipinski definition) is 5. The monoisotopic (exact) mass is 428 g/mol. The van der Waals surface area contributed by atoms with Crippen LogP contribution in [0.25, 0.3) is 0 Å². The number of nitrogens with two attached hydrogens (primary N) is 1. The zero-order chi connectivity index (χ0) is 19.3. The number of amidine groups is 1. The third-order valence-corrected chi connectivity index (χ3v) is 6.75. The van der Waals surface area contributed by atoms with Crippen molar-refractivity contribution < 1.29 is 13.2 Å². The summed E-state index contributed by atoms with van der Waals surface area (Å²) >= 11 is 0. The van der Waals surface area contributed by atoms with Crippen LogP contribution < -0.4 is 15.8 Å². The molecule has 2 aliphatic rings. The third kappa shape index (κ3) is 5.24. The van der Waals surface area contributed by atoms with Crippen LogP contribution in [-0.2, 0) is 14.8 Å². The molecule has 1 heterocycles. The van der Waals surface area contributed by atoms with E-state index in [9.17, 15) is 13.2 Å². The first-order valence-electron chi connectivity index (χ1n) is 9.64. The van der Waals surface area contributed by atoms with Gasteiger partial charge in [0.15, 0.2) is 0 Å². The lowest BCUT2D eigenvalue weighted by atomic mass is 9.97. The van der Waals surface area contributed by atoms with Gasteiger partial charge in [0, 0.05) is 25.1 Å². The van der Waals surface area contributed by atoms with Crippen LogP contribution in [0, 0.1) is 0 Å². The van der Waals surface area contributed by atoms with Gasteiger partial charge in [-0.3, -0.25) is 14.5 Å². The second-order valence-electron chi connectivity index (χ2n) is 7.38. The Morgan fingerprint density at radius 3 is 2.61 bits per heavy atom. The van der Waals surface area contributed by atoms with Crippen LogP contribution in [0.3, 0.4) is 0 Å². The predicted molar refractivity (Wildman–Crippen MR) is 112 cm³/mol. The molecule has 4 N–H and O–H groups in total. The Bertz CT molecular complexity index is 820. The van der Waals surface area contributed by atoms with Crippen LogP contribution in [0.1, 0.15) is 56.9 Å². The van der Waals surface area contributed by atoms with Gasteiger partial charge in [0.25, 0.3) is 10.0 Å². The molecule has 0 spiro atoms. The van der Waals surface area contributed by atoms with Crippen molar-refractivity contribution in [2.24, 2.45) is 10.7 Å². The molecule has 0 bridgehead atoms. The highest BCUT2D eigenvalue weighted by Crippen LogP contribution is 2.28. The number of rotatable bonds is 8. The van der Waals surface area contributed by atoms with Crippen molar-refractivity contribution in [3.05, 3.63) is 29.8 Å². The van der Waals surface area contributed by atoms with Gasteiger partial charge in [0.05, 0.1) is 10.4 Å². The van der Waals surface area contributed by atoms with Crippen molar-refractivity contribution in [3.63, 3.8) is 0 Å². The van der Waals surface area contributed by atoms with Crippen LogP contribution in [0.4, 0.5) is 0 Å². The fourth-order valence-corrected chi connectivity index (χ4v) is 5.06. The van der Waals surface area contributed by atoms with Crippen molar-refractivity contribution >= 4 is 34.2 Å². The average molecular weight is 429 g/mol. The zero-order valence-corrected chi connectivity index (χ0v) is 17.6. The highest BCUT2D eigenvalue weighted by molar-refractivity contribution is 7.90. The maximum atomic E-state index is 12.1. The maximum Gasteiger partial charge on any atom is 0.263 e. The van der Waals surface area contributed by atoms with Crippen molar-refractivity contribution in [3.8, 4) is 0 Å². The molecule has 0 atom stereocenters. The number of benzene rings is 1. The Labute approximate surface area is 173 Å². The molecule has 1 saturated carbocycles. The van der Waals surface area contributed by atoms with Gasteiger partial charge >= 0.3 is 0 Å². The van der Waals surface area contributed by atoms with E-state index < -0.39 is 10.0 Å². The number of sulfonamides is 1. The molecule has 1 aromatic rings. The quantitative estimate of drug-likeness (QED) is 0.550. The Morgan fingerprint density at radius 1 is 1.18 bits per heavy atom. The molecule has 0 unspecified atom stereocenters. The molecular weight excluding hydrogens is 400 g/mol. The minimum Gasteiger partial charge on any atom is -0.349 e. The van der Waals surface area contributed by atoms with Crippen LogP contribution in [0.2, 0.25) is 0 Å². The van der Waals surface area contributed by atoms with Crippen molar-refractivity contribution in [2.45, 2.75) is 61.8 Å². The first kappa shape index (κ1) is 22.6. The summed E-state index contributed by atoms with van der Waals surface area (Å²) in [6.45, 7) is 1.04. The lowest BCUT2D eigenvalue weighted by Crippen LogP contribution is -2.51. The summed E-state index contributed by atoms with van der Waals surface area (Å²) in [4.78, 5) is 16.8. The predicted octanol–water partition coefficient (Wildman–Crippen LogP) is 2.09. The molecule has 1 fully saturated rings. The fourth-order valence-electron chi connectivity index (χ4n) is 3.81. The summed E-state index contributed by atoms with van der Waals surface area (Å²) in [5.74, 6) is 0.487. The highest BCUT2D eigenvalue weighted by atomic mass is 35.5. The lowest BCUT2D eigenvalue weighted by molar-refractivity contribution is -0.123. The van der Waals surface area contributed by atoms with Gasteiger partial charge in [-0.2, -0.15) is 0 Å². The summed E-state index contributed by atoms with van der Waals surface area (Å²) in [5, 5.41) is 3.13. The van der Waals surface area contributed by atoms with Gasteiger partial charge in [-0.1, -0.05) is 31.4 Å². The Balaban J connectivity index is 0.00000280. The number of halogens is 1. The lowest BCUT2D eigenvalue weighted by Gasteiger charge is -2.28. The summed E-state index contributed by atoms with van der Waals surface area (Å²) in [6, 6.07) is 6.84. The van der Waals surface area contributed by atoms with E-state index in [1.54, 1.807) is 24.3 Å². The number of fused-ring (bicyclic) bond motifs is 1. The van der Waals surface area contributed by atoms with Crippen molar-refractivity contribution in [1.29, 1.82) is 0 Å². The molecule has 0 aromatic heterocycles. The summed E-state index contributed by atoms with van der Waals surface area (Å²) in [6.07, 6.45) is 7.17. The smallest absolute Gasteiger partial charge is 0.263 e. The van der Waals surface area contributed by atoms with E-state index in [4.69, 9.17) is 5.73 Å². The molecule has 7 nitrogen and oxygen atoms in total. The number of nitrogens with zero attached hydrogens (tertiary/aromatic N) is 1. The maximum absolute atomic E-state index is 12.1. The van der Waals surface area contributed by atoms with Gasteiger partial charge < -0.3 is 11.1 Å². The number of amides is 1. The van der Waals surface area contributed by atoms with Crippen LogP contribution in [0.15, 0.2) is 34.2 Å². The zero-order valence-electron chi connectivity index (χ0n) is 15.9. The van der Waals surface area contributed by atoms with Gasteiger partial charge in [-0.05, 0) is 37.8 Å². The van der Waals surface area contributed by atoms with Crippen molar-refractivity contribution in [2.75, 3.05) is 13.1 Å². The van der Waals surface area contributed by atoms with Gasteiger partial charge in [-0.15, -0.1) is 12.4 Å². The first-order chi connectivity index (χ1) is 13.0. The standard InChI is InChI=1S/C19H28N4O3S.ClH/c20-14-19(11-5-6-12-19)22-17(24)10-2-1-7-13-21-18-15-8-3-4-9-16(15)27(25,26)23-18;/h3-4,8-9H,1-2,5-7,10-14,20H2,(H,21,23)(H,22,24);1H. The van der Waals surface area contributed by atoms with E-state index in [2.05, 4.69) is 15.0 Å². The molecule has 0 radical (unpaired) electrons. The molecule has 28 heavy (non-hydrogen) atoms. The Kier molecular flexibility index (Phi) is 7.86. The second-order valence-corrected chi connectivity index (χ2v) is 9.03. The minimum atomic E-state index is -3.48. The van der Waals surface area contributed by atoms with E-state index in [0.717, 1.165) is 44.9 Å². The molecule has 1 aromatic carbocycles. The normalized spacial score (nSPS) is 20.2. The van der Waals surface area contributed by atoms with Gasteiger partial charge in [0.2, 0.25) is 5.91 Å². The van der Waals surface area contributed by atoms with Crippen LogP contribution in [-0.4, -0.2) is 38.8 Å². The summed E-state index contributed by atoms with van der Waals surface area (Å²) in [7, 11) is -3.48. The van der Waals surface area contributed by atoms with Crippen LogP contribution in [0.5, 0.6) is 0 Å². The van der Waals surface area contributed by atoms with Crippen molar-refractivity contribution in [1.82, 2.24) is 10.0 Å². The number of carbonyl (C=O) groups excluding carboxylic acids is 1. The number of aliphatic imine (C=N–C) groups is 1. The summed E-state index contributed by atoms with van der Waals surface area (Å²) < 4.78 is 26.5. The van der Waals surface area contributed by atoms with E-state index >= 15 is 0 Å². The number of hydrogen-bond donors (Lipinski definition) is 3. The van der Waals surface area contributed by atoms with E-state index in [-0.39, 0.29) is 28.7 Å². The number of nitrogens with one attached hydrogen (secondary N) is 2. The molecule has 156 valence electrons. The van der Waals surface area contributed by atoms with Gasteiger partial charge in [0.1, 0.15) is 5.84 Å². The minimum absolute atomic E-state index is 0. The largest absolute Gasteiger partial charge is 0.349 e. The molecule has 1 amide bonds. The average Bonchev–Trinajstić information content (AvgIpc) is 3.21. The molecule has 1 aliphatic carbocycles. The van der Waals surface area contributed by atoms with Crippen LogP contribution >= 0.6 is 12.4 Å². The molecule has 1 aliphatic heterocycles. The molecule has 9 heteroatoms. The molecule has 3 rings (SSSR count). The number of carbonyl (C=O) groups is 1. The molecule has 0 saturated heterocycles. The third-order valence-electron chi connectivity index (χ3n) is 5.35.